The fraction of sp³-hybridized carbons (Fsp3) is 0.524. The molecule has 7 heteroatoms. The molecule has 0 saturated carbocycles. The number of amides is 1. The van der Waals surface area contributed by atoms with Crippen LogP contribution in [0.5, 0.6) is 11.5 Å². The van der Waals surface area contributed by atoms with Crippen LogP contribution in [0, 0.1) is 19.8 Å². The van der Waals surface area contributed by atoms with E-state index in [-0.39, 0.29) is 12.7 Å². The number of ether oxygens (including phenoxy) is 2. The van der Waals surface area contributed by atoms with Crippen molar-refractivity contribution in [2.24, 2.45) is 5.92 Å². The zero-order valence-electron chi connectivity index (χ0n) is 16.6. The normalized spacial score (nSPS) is 17.1. The van der Waals surface area contributed by atoms with Crippen LogP contribution in [0.2, 0.25) is 0 Å². The molecule has 0 atom stereocenters. The number of aromatic nitrogens is 2. The van der Waals surface area contributed by atoms with E-state index < -0.39 is 0 Å². The predicted octanol–water partition coefficient (Wildman–Crippen LogP) is 2.26. The molecule has 1 aromatic heterocycles. The van der Waals surface area contributed by atoms with Crippen molar-refractivity contribution in [1.82, 2.24) is 20.0 Å². The van der Waals surface area contributed by atoms with E-state index in [9.17, 15) is 4.79 Å². The highest BCUT2D eigenvalue weighted by molar-refractivity contribution is 5.78. The fourth-order valence-corrected chi connectivity index (χ4v) is 3.94. The Morgan fingerprint density at radius 2 is 1.96 bits per heavy atom. The minimum absolute atomic E-state index is 0.0645. The van der Waals surface area contributed by atoms with Gasteiger partial charge in [0.15, 0.2) is 11.5 Å². The van der Waals surface area contributed by atoms with Gasteiger partial charge < -0.3 is 14.8 Å². The van der Waals surface area contributed by atoms with Crippen LogP contribution in [0.15, 0.2) is 24.3 Å². The molecule has 1 amide bonds. The second kappa shape index (κ2) is 8.22. The molecule has 4 rings (SSSR count). The van der Waals surface area contributed by atoms with Crippen LogP contribution in [-0.4, -0.2) is 47.0 Å². The van der Waals surface area contributed by atoms with E-state index in [0.717, 1.165) is 55.2 Å². The number of carbonyl (C=O) groups excluding carboxylic acids is 1. The number of fused-ring (bicyclic) bond motifs is 1. The number of carbonyl (C=O) groups is 1. The van der Waals surface area contributed by atoms with E-state index in [1.165, 1.54) is 5.69 Å². The fourth-order valence-electron chi connectivity index (χ4n) is 3.94. The van der Waals surface area contributed by atoms with E-state index in [1.54, 1.807) is 0 Å². The zero-order chi connectivity index (χ0) is 19.5. The number of benzene rings is 1. The lowest BCUT2D eigenvalue weighted by molar-refractivity contribution is -0.122. The maximum atomic E-state index is 12.3. The van der Waals surface area contributed by atoms with Gasteiger partial charge in [-0.05, 0) is 69.5 Å². The first kappa shape index (κ1) is 18.8. The molecule has 0 unspecified atom stereocenters. The Hall–Kier alpha value is -2.54. The smallest absolute Gasteiger partial charge is 0.234 e. The van der Waals surface area contributed by atoms with E-state index in [2.05, 4.69) is 33.0 Å². The van der Waals surface area contributed by atoms with Crippen LogP contribution in [0.3, 0.4) is 0 Å². The number of hydrogen-bond donors (Lipinski definition) is 1. The van der Waals surface area contributed by atoms with Gasteiger partial charge >= 0.3 is 0 Å². The van der Waals surface area contributed by atoms with Crippen molar-refractivity contribution >= 4 is 5.91 Å². The molecule has 7 nitrogen and oxygen atoms in total. The molecule has 1 N–H and O–H groups in total. The van der Waals surface area contributed by atoms with E-state index in [4.69, 9.17) is 9.47 Å². The molecular weight excluding hydrogens is 356 g/mol. The van der Waals surface area contributed by atoms with E-state index >= 15 is 0 Å². The van der Waals surface area contributed by atoms with Crippen LogP contribution >= 0.6 is 0 Å². The Balaban J connectivity index is 1.19. The molecule has 150 valence electrons. The number of rotatable bonds is 6. The minimum atomic E-state index is 0.0645. The highest BCUT2D eigenvalue weighted by Gasteiger charge is 2.22. The average Bonchev–Trinajstić information content (AvgIpc) is 3.27. The van der Waals surface area contributed by atoms with Gasteiger partial charge in [0.25, 0.3) is 0 Å². The Kier molecular flexibility index (Phi) is 5.52. The van der Waals surface area contributed by atoms with Crippen molar-refractivity contribution in [3.05, 3.63) is 41.2 Å². The zero-order valence-corrected chi connectivity index (χ0v) is 16.6. The number of aryl methyl sites for hydroxylation is 2. The lowest BCUT2D eigenvalue weighted by atomic mass is 9.97. The van der Waals surface area contributed by atoms with E-state index in [0.29, 0.717) is 19.0 Å². The van der Waals surface area contributed by atoms with Crippen LogP contribution in [-0.2, 0) is 17.9 Å². The minimum Gasteiger partial charge on any atom is -0.454 e. The first-order valence-electron chi connectivity index (χ1n) is 9.95. The molecule has 2 aliphatic rings. The molecule has 28 heavy (non-hydrogen) atoms. The summed E-state index contributed by atoms with van der Waals surface area (Å²) < 4.78 is 12.8. The van der Waals surface area contributed by atoms with Crippen molar-refractivity contribution in [2.75, 3.05) is 26.4 Å². The summed E-state index contributed by atoms with van der Waals surface area (Å²) in [6.45, 7) is 8.27. The monoisotopic (exact) mass is 384 g/mol. The molecule has 0 radical (unpaired) electrons. The molecule has 1 fully saturated rings. The van der Waals surface area contributed by atoms with Gasteiger partial charge in [-0.3, -0.25) is 14.4 Å². The van der Waals surface area contributed by atoms with Crippen molar-refractivity contribution in [3.8, 4) is 11.5 Å². The maximum Gasteiger partial charge on any atom is 0.234 e. The van der Waals surface area contributed by atoms with Gasteiger partial charge in [-0.2, -0.15) is 5.10 Å². The number of nitrogens with one attached hydrogen (secondary N) is 1. The highest BCUT2D eigenvalue weighted by atomic mass is 16.7. The van der Waals surface area contributed by atoms with Gasteiger partial charge in [-0.1, -0.05) is 6.07 Å². The summed E-state index contributed by atoms with van der Waals surface area (Å²) in [5.74, 6) is 2.20. The molecule has 3 heterocycles. The Morgan fingerprint density at radius 3 is 2.71 bits per heavy atom. The summed E-state index contributed by atoms with van der Waals surface area (Å²) >= 11 is 0. The van der Waals surface area contributed by atoms with Crippen molar-refractivity contribution in [1.29, 1.82) is 0 Å². The van der Waals surface area contributed by atoms with Crippen molar-refractivity contribution < 1.29 is 14.3 Å². The third-order valence-electron chi connectivity index (χ3n) is 5.54. The molecule has 1 aromatic carbocycles. The van der Waals surface area contributed by atoms with Crippen LogP contribution in [0.4, 0.5) is 0 Å². The van der Waals surface area contributed by atoms with Crippen LogP contribution in [0.1, 0.15) is 29.8 Å². The summed E-state index contributed by atoms with van der Waals surface area (Å²) in [7, 11) is 0. The Bertz CT molecular complexity index is 840. The third kappa shape index (κ3) is 4.47. The molecular formula is C21H28N4O3. The summed E-state index contributed by atoms with van der Waals surface area (Å²) in [5.41, 5.74) is 3.32. The van der Waals surface area contributed by atoms with Crippen LogP contribution < -0.4 is 14.8 Å². The number of likely N-dealkylation sites (tertiary alicyclic amines) is 1. The van der Waals surface area contributed by atoms with Crippen LogP contribution in [0.25, 0.3) is 0 Å². The Morgan fingerprint density at radius 1 is 1.18 bits per heavy atom. The molecule has 0 spiro atoms. The van der Waals surface area contributed by atoms with Gasteiger partial charge in [0.1, 0.15) is 0 Å². The van der Waals surface area contributed by atoms with Gasteiger partial charge in [0, 0.05) is 18.8 Å². The van der Waals surface area contributed by atoms with E-state index in [1.807, 2.05) is 25.1 Å². The van der Waals surface area contributed by atoms with Gasteiger partial charge in [0.2, 0.25) is 12.7 Å². The highest BCUT2D eigenvalue weighted by Crippen LogP contribution is 2.32. The Labute approximate surface area is 165 Å². The molecule has 2 aliphatic heterocycles. The molecule has 2 aromatic rings. The SMILES string of the molecule is Cc1cc(C)n(CC2CCN(CC(=O)NCc3ccc4c(c3)OCO4)CC2)n1. The van der Waals surface area contributed by atoms with Crippen molar-refractivity contribution in [2.45, 2.75) is 39.8 Å². The van der Waals surface area contributed by atoms with Crippen molar-refractivity contribution in [3.63, 3.8) is 0 Å². The second-order valence-corrected chi connectivity index (χ2v) is 7.79. The summed E-state index contributed by atoms with van der Waals surface area (Å²) in [6.07, 6.45) is 2.21. The van der Waals surface area contributed by atoms with Gasteiger partial charge in [-0.25, -0.2) is 0 Å². The van der Waals surface area contributed by atoms with Gasteiger partial charge in [0.05, 0.1) is 12.2 Å². The average molecular weight is 384 g/mol. The lowest BCUT2D eigenvalue weighted by Gasteiger charge is -2.31. The molecule has 1 saturated heterocycles. The number of hydrogen-bond acceptors (Lipinski definition) is 5. The largest absolute Gasteiger partial charge is 0.454 e. The quantitative estimate of drug-likeness (QED) is 0.827. The lowest BCUT2D eigenvalue weighted by Crippen LogP contribution is -2.42. The standard InChI is InChI=1S/C21H28N4O3/c1-15-9-16(2)25(23-15)12-17-5-7-24(8-6-17)13-21(26)22-11-18-3-4-19-20(10-18)28-14-27-19/h3-4,9-10,17H,5-8,11-14H2,1-2H3,(H,22,26). The first-order chi connectivity index (χ1) is 13.6. The topological polar surface area (TPSA) is 68.6 Å². The second-order valence-electron chi connectivity index (χ2n) is 7.79. The number of piperidine rings is 1. The molecule has 0 bridgehead atoms. The summed E-state index contributed by atoms with van der Waals surface area (Å²) in [6, 6.07) is 7.89. The summed E-state index contributed by atoms with van der Waals surface area (Å²) in [5, 5.41) is 7.58. The third-order valence-corrected chi connectivity index (χ3v) is 5.54. The predicted molar refractivity (Wildman–Crippen MR) is 105 cm³/mol. The molecule has 0 aliphatic carbocycles. The first-order valence-corrected chi connectivity index (χ1v) is 9.95. The summed E-state index contributed by atoms with van der Waals surface area (Å²) in [4.78, 5) is 14.6. The maximum absolute atomic E-state index is 12.3. The van der Waals surface area contributed by atoms with Gasteiger partial charge in [-0.15, -0.1) is 0 Å². The number of nitrogens with zero attached hydrogens (tertiary/aromatic N) is 3.